The molecule has 144 valence electrons. The fourth-order valence-corrected chi connectivity index (χ4v) is 4.06. The first-order valence-corrected chi connectivity index (χ1v) is 9.60. The Labute approximate surface area is 167 Å². The second-order valence-corrected chi connectivity index (χ2v) is 7.77. The molecule has 2 aromatic carbocycles. The molecular formula is C22H21NO4S. The number of carboxylic acids is 1. The molecule has 3 rings (SSSR count). The minimum Gasteiger partial charge on any atom is -0.478 e. The predicted molar refractivity (Wildman–Crippen MR) is 111 cm³/mol. The van der Waals surface area contributed by atoms with Gasteiger partial charge in [0.05, 0.1) is 0 Å². The molecule has 1 aromatic heterocycles. The van der Waals surface area contributed by atoms with Crippen LogP contribution < -0.4 is 5.32 Å². The zero-order valence-corrected chi connectivity index (χ0v) is 16.7. The summed E-state index contributed by atoms with van der Waals surface area (Å²) in [4.78, 5) is 25.0. The minimum atomic E-state index is -1.08. The van der Waals surface area contributed by atoms with Gasteiger partial charge in [0.25, 0.3) is 0 Å². The van der Waals surface area contributed by atoms with Crippen LogP contribution in [0.4, 0.5) is 9.80 Å². The summed E-state index contributed by atoms with van der Waals surface area (Å²) in [6.07, 6.45) is -0.680. The van der Waals surface area contributed by atoms with E-state index in [0.29, 0.717) is 5.56 Å². The molecule has 0 bridgehead atoms. The number of anilines is 1. The molecule has 0 atom stereocenters. The Morgan fingerprint density at radius 2 is 1.79 bits per heavy atom. The van der Waals surface area contributed by atoms with Crippen molar-refractivity contribution in [2.75, 3.05) is 5.32 Å². The second kappa shape index (κ2) is 8.27. The van der Waals surface area contributed by atoms with Crippen LogP contribution in [0.15, 0.2) is 48.5 Å². The zero-order valence-electron chi connectivity index (χ0n) is 15.9. The van der Waals surface area contributed by atoms with E-state index in [-0.39, 0.29) is 17.2 Å². The molecule has 6 heteroatoms. The van der Waals surface area contributed by atoms with Crippen LogP contribution in [0.2, 0.25) is 0 Å². The van der Waals surface area contributed by atoms with Gasteiger partial charge in [-0.3, -0.25) is 5.32 Å². The highest BCUT2D eigenvalue weighted by Crippen LogP contribution is 2.41. The smallest absolute Gasteiger partial charge is 0.412 e. The van der Waals surface area contributed by atoms with Crippen molar-refractivity contribution in [3.63, 3.8) is 0 Å². The van der Waals surface area contributed by atoms with Crippen molar-refractivity contribution in [3.05, 3.63) is 75.7 Å². The number of rotatable bonds is 5. The molecule has 0 spiro atoms. The highest BCUT2D eigenvalue weighted by atomic mass is 32.1. The molecule has 3 aromatic rings. The maximum atomic E-state index is 12.2. The van der Waals surface area contributed by atoms with Gasteiger partial charge >= 0.3 is 12.1 Å². The Hall–Kier alpha value is -3.12. The monoisotopic (exact) mass is 395 g/mol. The summed E-state index contributed by atoms with van der Waals surface area (Å²) >= 11 is 1.24. The fraction of sp³-hybridized carbons (Fsp3) is 0.182. The van der Waals surface area contributed by atoms with Crippen molar-refractivity contribution in [2.24, 2.45) is 0 Å². The zero-order chi connectivity index (χ0) is 20.3. The van der Waals surface area contributed by atoms with E-state index in [2.05, 4.69) is 5.32 Å². The largest absolute Gasteiger partial charge is 0.478 e. The Morgan fingerprint density at radius 1 is 1.07 bits per heavy atom. The van der Waals surface area contributed by atoms with Gasteiger partial charge < -0.3 is 9.84 Å². The Bertz CT molecular complexity index is 1020. The van der Waals surface area contributed by atoms with E-state index in [4.69, 9.17) is 4.74 Å². The number of benzene rings is 2. The molecule has 0 radical (unpaired) electrons. The predicted octanol–water partition coefficient (Wildman–Crippen LogP) is 5.79. The molecule has 0 saturated heterocycles. The van der Waals surface area contributed by atoms with Crippen molar-refractivity contribution in [3.8, 4) is 11.1 Å². The number of thiophene rings is 1. The topological polar surface area (TPSA) is 75.6 Å². The SMILES string of the molecule is Cc1ccc(C)c(-c2c(C)sc(NC(=O)OCc3ccccc3)c2C(=O)O)c1. The van der Waals surface area contributed by atoms with Gasteiger partial charge in [-0.25, -0.2) is 9.59 Å². The standard InChI is InChI=1S/C22H21NO4S/c1-13-9-10-14(2)17(11-13)18-15(3)28-20(19(18)21(24)25)23-22(26)27-12-16-7-5-4-6-8-16/h4-11H,12H2,1-3H3,(H,23,26)(H,24,25). The number of carbonyl (C=O) groups excluding carboxylic acids is 1. The van der Waals surface area contributed by atoms with Gasteiger partial charge in [0.1, 0.15) is 17.2 Å². The number of nitrogens with one attached hydrogen (secondary N) is 1. The summed E-state index contributed by atoms with van der Waals surface area (Å²) in [5.74, 6) is -1.08. The number of hydrogen-bond acceptors (Lipinski definition) is 4. The van der Waals surface area contributed by atoms with Gasteiger partial charge in [-0.15, -0.1) is 11.3 Å². The van der Waals surface area contributed by atoms with Crippen molar-refractivity contribution >= 4 is 28.4 Å². The number of ether oxygens (including phenoxy) is 1. The molecule has 1 heterocycles. The lowest BCUT2D eigenvalue weighted by Crippen LogP contribution is -2.15. The maximum Gasteiger partial charge on any atom is 0.412 e. The number of hydrogen-bond donors (Lipinski definition) is 2. The van der Waals surface area contributed by atoms with E-state index in [9.17, 15) is 14.7 Å². The summed E-state index contributed by atoms with van der Waals surface area (Å²) in [6, 6.07) is 15.2. The lowest BCUT2D eigenvalue weighted by Gasteiger charge is -2.10. The number of aryl methyl sites for hydroxylation is 3. The van der Waals surface area contributed by atoms with Gasteiger partial charge in [-0.05, 0) is 37.5 Å². The lowest BCUT2D eigenvalue weighted by molar-refractivity contribution is 0.0699. The van der Waals surface area contributed by atoms with Crippen molar-refractivity contribution in [2.45, 2.75) is 27.4 Å². The van der Waals surface area contributed by atoms with Crippen LogP contribution in [0.3, 0.4) is 0 Å². The van der Waals surface area contributed by atoms with E-state index in [1.54, 1.807) is 0 Å². The van der Waals surface area contributed by atoms with E-state index in [0.717, 1.165) is 27.1 Å². The van der Waals surface area contributed by atoms with Gasteiger partial charge in [0.15, 0.2) is 0 Å². The molecule has 0 saturated carbocycles. The summed E-state index contributed by atoms with van der Waals surface area (Å²) in [5, 5.41) is 12.7. The van der Waals surface area contributed by atoms with Crippen LogP contribution in [0.5, 0.6) is 0 Å². The molecule has 28 heavy (non-hydrogen) atoms. The summed E-state index contributed by atoms with van der Waals surface area (Å²) in [5.41, 5.74) is 4.46. The number of amides is 1. The van der Waals surface area contributed by atoms with Crippen LogP contribution >= 0.6 is 11.3 Å². The number of aromatic carboxylic acids is 1. The Kier molecular flexibility index (Phi) is 5.80. The van der Waals surface area contributed by atoms with Gasteiger partial charge in [0, 0.05) is 10.4 Å². The highest BCUT2D eigenvalue weighted by Gasteiger charge is 2.25. The Balaban J connectivity index is 1.89. The number of carboxylic acid groups (broad SMARTS) is 1. The molecule has 5 nitrogen and oxygen atoms in total. The lowest BCUT2D eigenvalue weighted by atomic mass is 9.95. The maximum absolute atomic E-state index is 12.2. The minimum absolute atomic E-state index is 0.0906. The summed E-state index contributed by atoms with van der Waals surface area (Å²) in [7, 11) is 0. The Morgan fingerprint density at radius 3 is 2.46 bits per heavy atom. The molecule has 1 amide bonds. The summed E-state index contributed by atoms with van der Waals surface area (Å²) < 4.78 is 5.23. The molecule has 0 unspecified atom stereocenters. The fourth-order valence-electron chi connectivity index (χ4n) is 3.02. The van der Waals surface area contributed by atoms with Crippen molar-refractivity contribution in [1.29, 1.82) is 0 Å². The molecule has 0 aliphatic rings. The van der Waals surface area contributed by atoms with Crippen LogP contribution in [0.25, 0.3) is 11.1 Å². The van der Waals surface area contributed by atoms with Crippen LogP contribution in [0, 0.1) is 20.8 Å². The third-order valence-corrected chi connectivity index (χ3v) is 5.41. The summed E-state index contributed by atoms with van der Waals surface area (Å²) in [6.45, 7) is 5.88. The van der Waals surface area contributed by atoms with Crippen LogP contribution in [0.1, 0.15) is 31.9 Å². The van der Waals surface area contributed by atoms with Crippen LogP contribution in [-0.2, 0) is 11.3 Å². The van der Waals surface area contributed by atoms with E-state index >= 15 is 0 Å². The average Bonchev–Trinajstić information content (AvgIpc) is 2.98. The molecular weight excluding hydrogens is 374 g/mol. The molecule has 2 N–H and O–H groups in total. The quantitative estimate of drug-likeness (QED) is 0.573. The highest BCUT2D eigenvalue weighted by molar-refractivity contribution is 7.17. The van der Waals surface area contributed by atoms with Crippen molar-refractivity contribution < 1.29 is 19.4 Å². The molecule has 0 fully saturated rings. The van der Waals surface area contributed by atoms with Crippen molar-refractivity contribution in [1.82, 2.24) is 0 Å². The second-order valence-electron chi connectivity index (χ2n) is 6.55. The first kappa shape index (κ1) is 19.6. The van der Waals surface area contributed by atoms with Crippen LogP contribution in [-0.4, -0.2) is 17.2 Å². The molecule has 0 aliphatic heterocycles. The van der Waals surface area contributed by atoms with Gasteiger partial charge in [-0.2, -0.15) is 0 Å². The third-order valence-electron chi connectivity index (χ3n) is 4.39. The van der Waals surface area contributed by atoms with Gasteiger partial charge in [-0.1, -0.05) is 54.1 Å². The molecule has 0 aliphatic carbocycles. The third kappa shape index (κ3) is 4.23. The first-order chi connectivity index (χ1) is 13.4. The van der Waals surface area contributed by atoms with E-state index in [1.165, 1.54) is 11.3 Å². The first-order valence-electron chi connectivity index (χ1n) is 8.79. The average molecular weight is 395 g/mol. The number of carbonyl (C=O) groups is 2. The van der Waals surface area contributed by atoms with Gasteiger partial charge in [0.2, 0.25) is 0 Å². The normalized spacial score (nSPS) is 10.5. The van der Waals surface area contributed by atoms with E-state index in [1.807, 2.05) is 69.3 Å². The van der Waals surface area contributed by atoms with E-state index < -0.39 is 12.1 Å².